The standard InChI is InChI=1S/C17H18N2O/c18-11-13-10-15(13)14-8-4-5-9-16(14)19-17(20)12-6-2-1-3-7-12/h1-9,13,15H,10-11,18H2,(H,19,20)/t13-,15+/m0/s1. The van der Waals surface area contributed by atoms with Crippen molar-refractivity contribution in [2.75, 3.05) is 11.9 Å². The number of carbonyl (C=O) groups is 1. The first kappa shape index (κ1) is 12.9. The molecule has 0 bridgehead atoms. The smallest absolute Gasteiger partial charge is 0.255 e. The lowest BCUT2D eigenvalue weighted by Gasteiger charge is -2.11. The zero-order valence-corrected chi connectivity index (χ0v) is 11.3. The van der Waals surface area contributed by atoms with Crippen LogP contribution in [0.1, 0.15) is 28.3 Å². The third-order valence-electron chi connectivity index (χ3n) is 3.87. The number of para-hydroxylation sites is 1. The Kier molecular flexibility index (Phi) is 3.52. The number of nitrogens with one attached hydrogen (secondary N) is 1. The molecule has 0 radical (unpaired) electrons. The molecule has 1 fully saturated rings. The average molecular weight is 266 g/mol. The van der Waals surface area contributed by atoms with Crippen molar-refractivity contribution in [2.24, 2.45) is 11.7 Å². The molecule has 0 spiro atoms. The molecule has 2 atom stereocenters. The van der Waals surface area contributed by atoms with E-state index in [2.05, 4.69) is 11.4 Å². The van der Waals surface area contributed by atoms with Gasteiger partial charge in [-0.1, -0.05) is 36.4 Å². The maximum atomic E-state index is 12.2. The number of anilines is 1. The quantitative estimate of drug-likeness (QED) is 0.893. The third kappa shape index (κ3) is 2.58. The van der Waals surface area contributed by atoms with Crippen molar-refractivity contribution in [3.63, 3.8) is 0 Å². The van der Waals surface area contributed by atoms with Gasteiger partial charge in [-0.3, -0.25) is 4.79 Å². The summed E-state index contributed by atoms with van der Waals surface area (Å²) < 4.78 is 0. The minimum absolute atomic E-state index is 0.0667. The van der Waals surface area contributed by atoms with Crippen molar-refractivity contribution in [1.29, 1.82) is 0 Å². The number of hydrogen-bond acceptors (Lipinski definition) is 2. The molecule has 1 amide bonds. The molecular formula is C17H18N2O. The Morgan fingerprint density at radius 1 is 1.10 bits per heavy atom. The molecule has 0 unspecified atom stereocenters. The van der Waals surface area contributed by atoms with E-state index in [9.17, 15) is 4.79 Å². The van der Waals surface area contributed by atoms with Crippen molar-refractivity contribution in [2.45, 2.75) is 12.3 Å². The molecular weight excluding hydrogens is 248 g/mol. The second kappa shape index (κ2) is 5.47. The first-order valence-corrected chi connectivity index (χ1v) is 6.95. The SMILES string of the molecule is NC[C@@H]1C[C@H]1c1ccccc1NC(=O)c1ccccc1. The average Bonchev–Trinajstić information content (AvgIpc) is 3.28. The number of rotatable bonds is 4. The molecule has 0 aromatic heterocycles. The van der Waals surface area contributed by atoms with E-state index in [1.165, 1.54) is 5.56 Å². The molecule has 1 aliphatic carbocycles. The maximum absolute atomic E-state index is 12.2. The fourth-order valence-electron chi connectivity index (χ4n) is 2.61. The zero-order valence-electron chi connectivity index (χ0n) is 11.3. The van der Waals surface area contributed by atoms with Crippen LogP contribution in [-0.2, 0) is 0 Å². The molecule has 0 heterocycles. The highest BCUT2D eigenvalue weighted by atomic mass is 16.1. The Labute approximate surface area is 118 Å². The molecule has 0 aliphatic heterocycles. The molecule has 3 heteroatoms. The molecule has 2 aromatic rings. The van der Waals surface area contributed by atoms with E-state index in [-0.39, 0.29) is 5.91 Å². The van der Waals surface area contributed by atoms with E-state index in [0.717, 1.165) is 12.1 Å². The van der Waals surface area contributed by atoms with Gasteiger partial charge in [-0.2, -0.15) is 0 Å². The van der Waals surface area contributed by atoms with Crippen LogP contribution in [0.2, 0.25) is 0 Å². The number of benzene rings is 2. The molecule has 1 saturated carbocycles. The zero-order chi connectivity index (χ0) is 13.9. The minimum Gasteiger partial charge on any atom is -0.330 e. The maximum Gasteiger partial charge on any atom is 0.255 e. The number of amides is 1. The van der Waals surface area contributed by atoms with E-state index < -0.39 is 0 Å². The van der Waals surface area contributed by atoms with Gasteiger partial charge in [0.2, 0.25) is 0 Å². The molecule has 3 rings (SSSR count). The van der Waals surface area contributed by atoms with Crippen LogP contribution in [-0.4, -0.2) is 12.5 Å². The van der Waals surface area contributed by atoms with Crippen molar-refractivity contribution < 1.29 is 4.79 Å². The monoisotopic (exact) mass is 266 g/mol. The predicted octanol–water partition coefficient (Wildman–Crippen LogP) is 3.00. The highest BCUT2D eigenvalue weighted by Crippen LogP contribution is 2.49. The molecule has 102 valence electrons. The lowest BCUT2D eigenvalue weighted by atomic mass is 10.1. The minimum atomic E-state index is -0.0667. The van der Waals surface area contributed by atoms with Gasteiger partial charge in [-0.25, -0.2) is 0 Å². The Morgan fingerprint density at radius 3 is 2.50 bits per heavy atom. The first-order chi connectivity index (χ1) is 9.79. The summed E-state index contributed by atoms with van der Waals surface area (Å²) in [6.45, 7) is 0.714. The van der Waals surface area contributed by atoms with Crippen LogP contribution in [0.4, 0.5) is 5.69 Å². The van der Waals surface area contributed by atoms with E-state index in [1.807, 2.05) is 48.5 Å². The van der Waals surface area contributed by atoms with Crippen LogP contribution in [0, 0.1) is 5.92 Å². The van der Waals surface area contributed by atoms with Gasteiger partial charge in [-0.05, 0) is 48.6 Å². The van der Waals surface area contributed by atoms with Gasteiger partial charge < -0.3 is 11.1 Å². The highest BCUT2D eigenvalue weighted by Gasteiger charge is 2.38. The van der Waals surface area contributed by atoms with Gasteiger partial charge in [0.05, 0.1) is 0 Å². The number of nitrogens with two attached hydrogens (primary N) is 1. The van der Waals surface area contributed by atoms with Crippen molar-refractivity contribution in [3.8, 4) is 0 Å². The topological polar surface area (TPSA) is 55.1 Å². The second-order valence-electron chi connectivity index (χ2n) is 5.25. The molecule has 3 nitrogen and oxygen atoms in total. The van der Waals surface area contributed by atoms with Gasteiger partial charge in [0, 0.05) is 11.3 Å². The Hall–Kier alpha value is -2.13. The van der Waals surface area contributed by atoms with Crippen molar-refractivity contribution in [3.05, 3.63) is 65.7 Å². The Bertz CT molecular complexity index is 609. The van der Waals surface area contributed by atoms with E-state index in [0.29, 0.717) is 23.9 Å². The fraction of sp³-hybridized carbons (Fsp3) is 0.235. The molecule has 2 aromatic carbocycles. The second-order valence-corrected chi connectivity index (χ2v) is 5.25. The third-order valence-corrected chi connectivity index (χ3v) is 3.87. The molecule has 0 saturated heterocycles. The van der Waals surface area contributed by atoms with Crippen molar-refractivity contribution >= 4 is 11.6 Å². The van der Waals surface area contributed by atoms with Crippen molar-refractivity contribution in [1.82, 2.24) is 0 Å². The number of carbonyl (C=O) groups excluding carboxylic acids is 1. The summed E-state index contributed by atoms with van der Waals surface area (Å²) in [5, 5.41) is 3.01. The summed E-state index contributed by atoms with van der Waals surface area (Å²) in [5.41, 5.74) is 8.50. The lowest BCUT2D eigenvalue weighted by molar-refractivity contribution is 0.102. The molecule has 3 N–H and O–H groups in total. The molecule has 1 aliphatic rings. The first-order valence-electron chi connectivity index (χ1n) is 6.95. The normalized spacial score (nSPS) is 20.4. The number of hydrogen-bond donors (Lipinski definition) is 2. The van der Waals surface area contributed by atoms with Crippen LogP contribution in [0.5, 0.6) is 0 Å². The predicted molar refractivity (Wildman–Crippen MR) is 80.7 cm³/mol. The van der Waals surface area contributed by atoms with Crippen LogP contribution in [0.25, 0.3) is 0 Å². The van der Waals surface area contributed by atoms with Gasteiger partial charge in [0.25, 0.3) is 5.91 Å². The fourth-order valence-corrected chi connectivity index (χ4v) is 2.61. The van der Waals surface area contributed by atoms with Gasteiger partial charge in [-0.15, -0.1) is 0 Å². The summed E-state index contributed by atoms with van der Waals surface area (Å²) in [6, 6.07) is 17.3. The summed E-state index contributed by atoms with van der Waals surface area (Å²) in [6.07, 6.45) is 1.12. The Balaban J connectivity index is 1.80. The van der Waals surface area contributed by atoms with Gasteiger partial charge in [0.15, 0.2) is 0 Å². The van der Waals surface area contributed by atoms with E-state index in [1.54, 1.807) is 0 Å². The van der Waals surface area contributed by atoms with E-state index >= 15 is 0 Å². The van der Waals surface area contributed by atoms with E-state index in [4.69, 9.17) is 5.73 Å². The largest absolute Gasteiger partial charge is 0.330 e. The summed E-state index contributed by atoms with van der Waals surface area (Å²) >= 11 is 0. The molecule has 20 heavy (non-hydrogen) atoms. The Morgan fingerprint density at radius 2 is 1.80 bits per heavy atom. The van der Waals surface area contributed by atoms with Crippen LogP contribution in [0.3, 0.4) is 0 Å². The summed E-state index contributed by atoms with van der Waals surface area (Å²) in [4.78, 5) is 12.2. The highest BCUT2D eigenvalue weighted by molar-refractivity contribution is 6.04. The van der Waals surface area contributed by atoms with Crippen LogP contribution >= 0.6 is 0 Å². The van der Waals surface area contributed by atoms with Crippen LogP contribution in [0.15, 0.2) is 54.6 Å². The summed E-state index contributed by atoms with van der Waals surface area (Å²) in [5.74, 6) is 0.986. The summed E-state index contributed by atoms with van der Waals surface area (Å²) in [7, 11) is 0. The lowest BCUT2D eigenvalue weighted by Crippen LogP contribution is -2.13. The van der Waals surface area contributed by atoms with Gasteiger partial charge >= 0.3 is 0 Å². The van der Waals surface area contributed by atoms with Crippen LogP contribution < -0.4 is 11.1 Å². The van der Waals surface area contributed by atoms with Gasteiger partial charge in [0.1, 0.15) is 0 Å².